The Morgan fingerprint density at radius 1 is 1.60 bits per heavy atom. The molecule has 3 N–H and O–H groups in total. The van der Waals surface area contributed by atoms with E-state index in [4.69, 9.17) is 5.73 Å². The number of primary amides is 1. The molecule has 2 atom stereocenters. The lowest BCUT2D eigenvalue weighted by Crippen LogP contribution is -2.38. The Kier molecular flexibility index (Phi) is 3.68. The molecular formula is C6H13ClN2O. The number of hydrogen-bond acceptors (Lipinski definition) is 2. The molecule has 1 amide bonds. The largest absolute Gasteiger partial charge is 0.368 e. The van der Waals surface area contributed by atoms with Crippen LogP contribution in [0.4, 0.5) is 0 Å². The van der Waals surface area contributed by atoms with Gasteiger partial charge in [-0.3, -0.25) is 4.79 Å². The predicted octanol–water partition coefficient (Wildman–Crippen LogP) is 0.0340. The van der Waals surface area contributed by atoms with E-state index >= 15 is 0 Å². The molecular weight excluding hydrogens is 152 g/mol. The van der Waals surface area contributed by atoms with Crippen LogP contribution in [0, 0.1) is 0 Å². The van der Waals surface area contributed by atoms with Crippen molar-refractivity contribution in [1.82, 2.24) is 5.32 Å². The summed E-state index contributed by atoms with van der Waals surface area (Å²) in [5.41, 5.74) is 5.06. The predicted molar refractivity (Wildman–Crippen MR) is 42.1 cm³/mol. The molecule has 1 aliphatic heterocycles. The van der Waals surface area contributed by atoms with Crippen molar-refractivity contribution in [1.29, 1.82) is 0 Å². The third kappa shape index (κ3) is 2.15. The van der Waals surface area contributed by atoms with Crippen LogP contribution in [-0.4, -0.2) is 18.0 Å². The smallest absolute Gasteiger partial charge is 0.234 e. The molecule has 0 radical (unpaired) electrons. The van der Waals surface area contributed by atoms with E-state index in [-0.39, 0.29) is 24.4 Å². The highest BCUT2D eigenvalue weighted by atomic mass is 35.5. The van der Waals surface area contributed by atoms with E-state index in [0.717, 1.165) is 12.8 Å². The third-order valence-corrected chi connectivity index (χ3v) is 1.72. The standard InChI is InChI=1S/C6H12N2O.ClH/c1-4-2-3-5(8-4)6(7)9;/h4-5,8H,2-3H2,1H3,(H2,7,9);1H/t4-,5-;/m0./s1. The summed E-state index contributed by atoms with van der Waals surface area (Å²) in [4.78, 5) is 10.5. The molecule has 0 bridgehead atoms. The minimum atomic E-state index is -0.223. The van der Waals surface area contributed by atoms with Crippen LogP contribution in [0.1, 0.15) is 19.8 Å². The number of hydrogen-bond donors (Lipinski definition) is 2. The second-order valence-electron chi connectivity index (χ2n) is 2.60. The molecule has 0 aromatic heterocycles. The van der Waals surface area contributed by atoms with Crippen LogP contribution in [0.15, 0.2) is 0 Å². The Labute approximate surface area is 66.8 Å². The van der Waals surface area contributed by atoms with Gasteiger partial charge in [0.15, 0.2) is 0 Å². The highest BCUT2D eigenvalue weighted by Gasteiger charge is 2.23. The lowest BCUT2D eigenvalue weighted by Gasteiger charge is -2.05. The van der Waals surface area contributed by atoms with Crippen molar-refractivity contribution < 1.29 is 4.79 Å². The van der Waals surface area contributed by atoms with E-state index in [1.54, 1.807) is 0 Å². The number of carbonyl (C=O) groups excluding carboxylic acids is 1. The molecule has 0 aromatic rings. The van der Waals surface area contributed by atoms with Gasteiger partial charge < -0.3 is 11.1 Å². The Hall–Kier alpha value is -0.280. The molecule has 0 saturated carbocycles. The first-order valence-electron chi connectivity index (χ1n) is 3.25. The number of halogens is 1. The second-order valence-corrected chi connectivity index (χ2v) is 2.60. The summed E-state index contributed by atoms with van der Waals surface area (Å²) in [7, 11) is 0. The Bertz CT molecular complexity index is 129. The van der Waals surface area contributed by atoms with Crippen molar-refractivity contribution in [3.05, 3.63) is 0 Å². The molecule has 10 heavy (non-hydrogen) atoms. The first-order valence-corrected chi connectivity index (χ1v) is 3.25. The molecule has 1 fully saturated rings. The van der Waals surface area contributed by atoms with Crippen LogP contribution in [-0.2, 0) is 4.79 Å². The average Bonchev–Trinajstić information content (AvgIpc) is 2.14. The molecule has 1 rings (SSSR count). The summed E-state index contributed by atoms with van der Waals surface area (Å²) < 4.78 is 0. The zero-order valence-electron chi connectivity index (χ0n) is 5.96. The molecule has 0 aromatic carbocycles. The maximum absolute atomic E-state index is 10.5. The molecule has 60 valence electrons. The summed E-state index contributed by atoms with van der Waals surface area (Å²) in [5, 5.41) is 3.08. The van der Waals surface area contributed by atoms with Crippen molar-refractivity contribution in [2.75, 3.05) is 0 Å². The van der Waals surface area contributed by atoms with Gasteiger partial charge in [0.2, 0.25) is 5.91 Å². The van der Waals surface area contributed by atoms with Crippen molar-refractivity contribution in [3.63, 3.8) is 0 Å². The monoisotopic (exact) mass is 164 g/mol. The van der Waals surface area contributed by atoms with E-state index < -0.39 is 0 Å². The molecule has 0 spiro atoms. The van der Waals surface area contributed by atoms with E-state index in [1.165, 1.54) is 0 Å². The van der Waals surface area contributed by atoms with Gasteiger partial charge in [-0.2, -0.15) is 0 Å². The minimum absolute atomic E-state index is 0. The molecule has 4 heteroatoms. The summed E-state index contributed by atoms with van der Waals surface area (Å²) in [6.07, 6.45) is 1.96. The second kappa shape index (κ2) is 3.78. The van der Waals surface area contributed by atoms with Crippen molar-refractivity contribution in [3.8, 4) is 0 Å². The van der Waals surface area contributed by atoms with Gasteiger partial charge in [0.1, 0.15) is 0 Å². The fraction of sp³-hybridized carbons (Fsp3) is 0.833. The lowest BCUT2D eigenvalue weighted by molar-refractivity contribution is -0.119. The Morgan fingerprint density at radius 3 is 2.40 bits per heavy atom. The number of nitrogens with one attached hydrogen (secondary N) is 1. The molecule has 1 aliphatic rings. The first-order chi connectivity index (χ1) is 4.20. The van der Waals surface area contributed by atoms with Gasteiger partial charge >= 0.3 is 0 Å². The summed E-state index contributed by atoms with van der Waals surface area (Å²) >= 11 is 0. The molecule has 3 nitrogen and oxygen atoms in total. The maximum Gasteiger partial charge on any atom is 0.234 e. The van der Waals surface area contributed by atoms with Crippen molar-refractivity contribution >= 4 is 18.3 Å². The van der Waals surface area contributed by atoms with Crippen LogP contribution in [0.5, 0.6) is 0 Å². The normalized spacial score (nSPS) is 31.3. The quantitative estimate of drug-likeness (QED) is 0.575. The van der Waals surface area contributed by atoms with E-state index in [9.17, 15) is 4.79 Å². The molecule has 0 unspecified atom stereocenters. The third-order valence-electron chi connectivity index (χ3n) is 1.72. The fourth-order valence-corrected chi connectivity index (χ4v) is 1.15. The lowest BCUT2D eigenvalue weighted by atomic mass is 10.2. The fourth-order valence-electron chi connectivity index (χ4n) is 1.15. The Balaban J connectivity index is 0.000000810. The van der Waals surface area contributed by atoms with Crippen LogP contribution in [0.3, 0.4) is 0 Å². The number of rotatable bonds is 1. The summed E-state index contributed by atoms with van der Waals surface area (Å²) in [6, 6.07) is 0.391. The van der Waals surface area contributed by atoms with Gasteiger partial charge in [-0.05, 0) is 19.8 Å². The van der Waals surface area contributed by atoms with E-state index in [2.05, 4.69) is 12.2 Å². The Morgan fingerprint density at radius 2 is 2.20 bits per heavy atom. The van der Waals surface area contributed by atoms with Crippen molar-refractivity contribution in [2.45, 2.75) is 31.8 Å². The summed E-state index contributed by atoms with van der Waals surface area (Å²) in [6.45, 7) is 2.06. The number of nitrogens with two attached hydrogens (primary N) is 1. The first kappa shape index (κ1) is 9.72. The van der Waals surface area contributed by atoms with Gasteiger partial charge in [-0.15, -0.1) is 12.4 Å². The zero-order valence-corrected chi connectivity index (χ0v) is 6.78. The zero-order chi connectivity index (χ0) is 6.85. The van der Waals surface area contributed by atoms with E-state index in [1.807, 2.05) is 0 Å². The minimum Gasteiger partial charge on any atom is -0.368 e. The van der Waals surface area contributed by atoms with Gasteiger partial charge in [0, 0.05) is 6.04 Å². The van der Waals surface area contributed by atoms with Crippen LogP contribution >= 0.6 is 12.4 Å². The average molecular weight is 165 g/mol. The topological polar surface area (TPSA) is 55.1 Å². The highest BCUT2D eigenvalue weighted by Crippen LogP contribution is 2.10. The molecule has 0 aliphatic carbocycles. The molecule has 1 heterocycles. The van der Waals surface area contributed by atoms with Crippen LogP contribution in [0.2, 0.25) is 0 Å². The van der Waals surface area contributed by atoms with Crippen molar-refractivity contribution in [2.24, 2.45) is 5.73 Å². The number of carbonyl (C=O) groups is 1. The van der Waals surface area contributed by atoms with Crippen LogP contribution < -0.4 is 11.1 Å². The summed E-state index contributed by atoms with van der Waals surface area (Å²) in [5.74, 6) is -0.223. The number of amides is 1. The van der Waals surface area contributed by atoms with Gasteiger partial charge in [-0.1, -0.05) is 0 Å². The van der Waals surface area contributed by atoms with Gasteiger partial charge in [-0.25, -0.2) is 0 Å². The van der Waals surface area contributed by atoms with E-state index in [0.29, 0.717) is 6.04 Å². The highest BCUT2D eigenvalue weighted by molar-refractivity contribution is 5.85. The van der Waals surface area contributed by atoms with Crippen LogP contribution in [0.25, 0.3) is 0 Å². The molecule has 1 saturated heterocycles. The van der Waals surface area contributed by atoms with Gasteiger partial charge in [0.25, 0.3) is 0 Å². The maximum atomic E-state index is 10.5. The van der Waals surface area contributed by atoms with Gasteiger partial charge in [0.05, 0.1) is 6.04 Å². The SMILES string of the molecule is C[C@H]1CC[C@@H](C(N)=O)N1.Cl.